The maximum Gasteiger partial charge on any atom is 0.315 e. The molecular weight excluding hydrogens is 190 g/mol. The Kier molecular flexibility index (Phi) is 7.03. The van der Waals surface area contributed by atoms with Crippen LogP contribution in [0.1, 0.15) is 13.3 Å². The lowest BCUT2D eigenvalue weighted by Gasteiger charge is -2.19. The van der Waals surface area contributed by atoms with Gasteiger partial charge in [0.25, 0.3) is 0 Å². The van der Waals surface area contributed by atoms with Gasteiger partial charge in [0.15, 0.2) is 0 Å². The minimum Gasteiger partial charge on any atom is -0.468 e. The van der Waals surface area contributed by atoms with Crippen molar-refractivity contribution < 1.29 is 14.6 Å². The molecule has 13 heavy (non-hydrogen) atoms. The molecule has 5 heteroatoms. The molecule has 0 radical (unpaired) electrons. The third kappa shape index (κ3) is 5.13. The van der Waals surface area contributed by atoms with Crippen molar-refractivity contribution in [1.82, 2.24) is 0 Å². The molecule has 0 amide bonds. The van der Waals surface area contributed by atoms with E-state index in [2.05, 4.69) is 4.74 Å². The van der Waals surface area contributed by atoms with Crippen molar-refractivity contribution in [3.8, 4) is 0 Å². The summed E-state index contributed by atoms with van der Waals surface area (Å²) in [5.74, 6) is -0.0400. The molecule has 2 unspecified atom stereocenters. The van der Waals surface area contributed by atoms with E-state index in [0.717, 1.165) is 6.42 Å². The average Bonchev–Trinajstić information content (AvgIpc) is 2.17. The standard InChI is InChI=1S/C8H17NO3S/c1-3-6(9)7(4-10)13-5-8(11)12-2/h6-7,10H,3-5,9H2,1-2H3. The van der Waals surface area contributed by atoms with Gasteiger partial charge >= 0.3 is 5.97 Å². The number of esters is 1. The van der Waals surface area contributed by atoms with Gasteiger partial charge in [0.2, 0.25) is 0 Å². The summed E-state index contributed by atoms with van der Waals surface area (Å²) in [7, 11) is 1.34. The zero-order valence-corrected chi connectivity index (χ0v) is 8.84. The Bertz CT molecular complexity index is 154. The molecule has 0 rings (SSSR count). The molecule has 0 spiro atoms. The van der Waals surface area contributed by atoms with Gasteiger partial charge in [0.05, 0.1) is 19.5 Å². The van der Waals surface area contributed by atoms with Crippen molar-refractivity contribution in [1.29, 1.82) is 0 Å². The van der Waals surface area contributed by atoms with Crippen LogP contribution in [0.25, 0.3) is 0 Å². The highest BCUT2D eigenvalue weighted by Crippen LogP contribution is 2.15. The highest BCUT2D eigenvalue weighted by Gasteiger charge is 2.17. The monoisotopic (exact) mass is 207 g/mol. The van der Waals surface area contributed by atoms with Crippen LogP contribution < -0.4 is 5.73 Å². The second-order valence-corrected chi connectivity index (χ2v) is 3.91. The maximum atomic E-state index is 10.8. The summed E-state index contributed by atoms with van der Waals surface area (Å²) >= 11 is 1.34. The van der Waals surface area contributed by atoms with Crippen molar-refractivity contribution in [2.24, 2.45) is 5.73 Å². The number of rotatable bonds is 6. The summed E-state index contributed by atoms with van der Waals surface area (Å²) in [6.45, 7) is 1.95. The molecule has 0 saturated carbocycles. The minimum atomic E-state index is -0.285. The van der Waals surface area contributed by atoms with Crippen LogP contribution in [0, 0.1) is 0 Å². The molecule has 0 aromatic heterocycles. The van der Waals surface area contributed by atoms with E-state index < -0.39 is 0 Å². The molecule has 4 nitrogen and oxygen atoms in total. The van der Waals surface area contributed by atoms with Gasteiger partial charge in [-0.15, -0.1) is 11.8 Å². The number of carbonyl (C=O) groups is 1. The summed E-state index contributed by atoms with van der Waals surface area (Å²) in [5, 5.41) is 8.88. The first-order valence-electron chi connectivity index (χ1n) is 4.20. The first kappa shape index (κ1) is 12.7. The Hall–Kier alpha value is -0.260. The Labute approximate surface area is 82.8 Å². The van der Waals surface area contributed by atoms with Crippen molar-refractivity contribution >= 4 is 17.7 Å². The van der Waals surface area contributed by atoms with Crippen LogP contribution in [0.5, 0.6) is 0 Å². The van der Waals surface area contributed by atoms with Crippen LogP contribution in [-0.2, 0) is 9.53 Å². The molecule has 78 valence electrons. The fourth-order valence-electron chi connectivity index (χ4n) is 0.809. The van der Waals surface area contributed by atoms with E-state index in [1.807, 2.05) is 6.92 Å². The Morgan fingerprint density at radius 2 is 2.31 bits per heavy atom. The topological polar surface area (TPSA) is 72.5 Å². The van der Waals surface area contributed by atoms with Gasteiger partial charge in [0.1, 0.15) is 0 Å². The number of hydrogen-bond acceptors (Lipinski definition) is 5. The van der Waals surface area contributed by atoms with Crippen LogP contribution in [0.2, 0.25) is 0 Å². The smallest absolute Gasteiger partial charge is 0.315 e. The van der Waals surface area contributed by atoms with Crippen LogP contribution in [0.4, 0.5) is 0 Å². The molecule has 2 atom stereocenters. The van der Waals surface area contributed by atoms with Gasteiger partial charge in [-0.25, -0.2) is 0 Å². The van der Waals surface area contributed by atoms with Gasteiger partial charge in [-0.05, 0) is 6.42 Å². The number of hydrogen-bond donors (Lipinski definition) is 2. The lowest BCUT2D eigenvalue weighted by Crippen LogP contribution is -2.35. The van der Waals surface area contributed by atoms with E-state index in [1.165, 1.54) is 18.9 Å². The zero-order valence-electron chi connectivity index (χ0n) is 8.03. The molecule has 0 aromatic rings. The SMILES string of the molecule is CCC(N)C(CO)SCC(=O)OC. The second kappa shape index (κ2) is 7.17. The largest absolute Gasteiger partial charge is 0.468 e. The number of aliphatic hydroxyl groups is 1. The average molecular weight is 207 g/mol. The molecular formula is C8H17NO3S. The molecule has 0 aliphatic carbocycles. The van der Waals surface area contributed by atoms with Gasteiger partial charge in [0, 0.05) is 11.3 Å². The quantitative estimate of drug-likeness (QED) is 0.599. The number of ether oxygens (including phenoxy) is 1. The van der Waals surface area contributed by atoms with Crippen LogP contribution in [-0.4, -0.2) is 41.8 Å². The van der Waals surface area contributed by atoms with E-state index in [9.17, 15) is 4.79 Å². The predicted molar refractivity (Wildman–Crippen MR) is 53.6 cm³/mol. The zero-order chi connectivity index (χ0) is 10.3. The lowest BCUT2D eigenvalue weighted by atomic mass is 10.2. The number of aliphatic hydroxyl groups excluding tert-OH is 1. The van der Waals surface area contributed by atoms with Crippen LogP contribution >= 0.6 is 11.8 Å². The number of carbonyl (C=O) groups excluding carboxylic acids is 1. The maximum absolute atomic E-state index is 10.8. The minimum absolute atomic E-state index is 0.00331. The van der Waals surface area contributed by atoms with E-state index in [0.29, 0.717) is 0 Å². The Balaban J connectivity index is 3.78. The molecule has 0 aromatic carbocycles. The molecule has 0 fully saturated rings. The van der Waals surface area contributed by atoms with Gasteiger partial charge in [-0.3, -0.25) is 4.79 Å². The van der Waals surface area contributed by atoms with Crippen LogP contribution in [0.15, 0.2) is 0 Å². The summed E-state index contributed by atoms with van der Waals surface area (Å²) in [6, 6.07) is -0.0698. The Morgan fingerprint density at radius 1 is 1.69 bits per heavy atom. The third-order valence-electron chi connectivity index (χ3n) is 1.77. The number of thioether (sulfide) groups is 1. The highest BCUT2D eigenvalue weighted by atomic mass is 32.2. The highest BCUT2D eigenvalue weighted by molar-refractivity contribution is 8.00. The summed E-state index contributed by atoms with van der Waals surface area (Å²) in [6.07, 6.45) is 0.791. The van der Waals surface area contributed by atoms with Crippen molar-refractivity contribution in [2.75, 3.05) is 19.5 Å². The Morgan fingerprint density at radius 3 is 2.69 bits per heavy atom. The van der Waals surface area contributed by atoms with Crippen LogP contribution in [0.3, 0.4) is 0 Å². The first-order chi connectivity index (χ1) is 6.15. The molecule has 3 N–H and O–H groups in total. The summed E-state index contributed by atoms with van der Waals surface area (Å²) in [5.41, 5.74) is 5.72. The van der Waals surface area contributed by atoms with Gasteiger partial charge in [-0.2, -0.15) is 0 Å². The van der Waals surface area contributed by atoms with E-state index >= 15 is 0 Å². The molecule has 0 aliphatic rings. The van der Waals surface area contributed by atoms with E-state index in [4.69, 9.17) is 10.8 Å². The van der Waals surface area contributed by atoms with Gasteiger partial charge < -0.3 is 15.6 Å². The normalized spacial score (nSPS) is 15.1. The number of methoxy groups -OCH3 is 1. The fourth-order valence-corrected chi connectivity index (χ4v) is 1.82. The lowest BCUT2D eigenvalue weighted by molar-refractivity contribution is -0.137. The number of nitrogens with two attached hydrogens (primary N) is 1. The van der Waals surface area contributed by atoms with Crippen molar-refractivity contribution in [3.05, 3.63) is 0 Å². The predicted octanol–water partition coefficient (Wildman–Crippen LogP) is -0.00920. The van der Waals surface area contributed by atoms with Crippen molar-refractivity contribution in [2.45, 2.75) is 24.6 Å². The van der Waals surface area contributed by atoms with Crippen molar-refractivity contribution in [3.63, 3.8) is 0 Å². The molecule has 0 heterocycles. The first-order valence-corrected chi connectivity index (χ1v) is 5.25. The molecule has 0 bridgehead atoms. The molecule has 0 aliphatic heterocycles. The fraction of sp³-hybridized carbons (Fsp3) is 0.875. The summed E-state index contributed by atoms with van der Waals surface area (Å²) < 4.78 is 4.48. The molecule has 0 saturated heterocycles. The van der Waals surface area contributed by atoms with Gasteiger partial charge in [-0.1, -0.05) is 6.92 Å². The second-order valence-electron chi connectivity index (χ2n) is 2.68. The summed E-state index contributed by atoms with van der Waals surface area (Å²) in [4.78, 5) is 10.8. The van der Waals surface area contributed by atoms with E-state index in [-0.39, 0.29) is 29.6 Å². The van der Waals surface area contributed by atoms with E-state index in [1.54, 1.807) is 0 Å². The third-order valence-corrected chi connectivity index (χ3v) is 3.10.